The molecule has 0 spiro atoms. The van der Waals surface area contributed by atoms with Gasteiger partial charge in [0.15, 0.2) is 0 Å². The van der Waals surface area contributed by atoms with Gasteiger partial charge in [0.2, 0.25) is 0 Å². The van der Waals surface area contributed by atoms with Crippen LogP contribution in [0.5, 0.6) is 0 Å². The zero-order valence-electron chi connectivity index (χ0n) is 9.65. The SMILES string of the molecule is O=C(O)C1Cc2cnc(C3CCNC3)cc2C1. The molecule has 0 radical (unpaired) electrons. The fourth-order valence-electron chi connectivity index (χ4n) is 2.83. The number of carboxylic acid groups (broad SMARTS) is 1. The average molecular weight is 232 g/mol. The summed E-state index contributed by atoms with van der Waals surface area (Å²) in [7, 11) is 0. The first-order valence-electron chi connectivity index (χ1n) is 6.15. The smallest absolute Gasteiger partial charge is 0.307 e. The number of nitrogens with one attached hydrogen (secondary N) is 1. The summed E-state index contributed by atoms with van der Waals surface area (Å²) in [5.41, 5.74) is 3.43. The minimum absolute atomic E-state index is 0.247. The quantitative estimate of drug-likeness (QED) is 0.797. The van der Waals surface area contributed by atoms with Crippen molar-refractivity contribution < 1.29 is 9.90 Å². The summed E-state index contributed by atoms with van der Waals surface area (Å²) in [5.74, 6) is -0.432. The van der Waals surface area contributed by atoms with Crippen LogP contribution >= 0.6 is 0 Å². The predicted molar refractivity (Wildman–Crippen MR) is 63.0 cm³/mol. The van der Waals surface area contributed by atoms with Gasteiger partial charge >= 0.3 is 5.97 Å². The van der Waals surface area contributed by atoms with Crippen molar-refractivity contribution in [1.82, 2.24) is 10.3 Å². The van der Waals surface area contributed by atoms with E-state index >= 15 is 0 Å². The van der Waals surface area contributed by atoms with E-state index in [0.29, 0.717) is 18.8 Å². The Morgan fingerprint density at radius 1 is 1.41 bits per heavy atom. The van der Waals surface area contributed by atoms with Gasteiger partial charge in [-0.15, -0.1) is 0 Å². The molecular formula is C13H16N2O2. The van der Waals surface area contributed by atoms with Crippen molar-refractivity contribution in [3.05, 3.63) is 29.1 Å². The summed E-state index contributed by atoms with van der Waals surface area (Å²) in [5, 5.41) is 12.4. The topological polar surface area (TPSA) is 62.2 Å². The number of rotatable bonds is 2. The first-order chi connectivity index (χ1) is 8.24. The molecule has 0 aromatic carbocycles. The maximum absolute atomic E-state index is 11.0. The number of fused-ring (bicyclic) bond motifs is 1. The summed E-state index contributed by atoms with van der Waals surface area (Å²) in [6.07, 6.45) is 4.32. The van der Waals surface area contributed by atoms with Crippen LogP contribution in [0.15, 0.2) is 12.3 Å². The van der Waals surface area contributed by atoms with Crippen LogP contribution in [0.1, 0.15) is 29.2 Å². The third kappa shape index (κ3) is 1.93. The molecule has 90 valence electrons. The lowest BCUT2D eigenvalue weighted by Gasteiger charge is -2.09. The number of aliphatic carboxylic acids is 1. The molecule has 1 fully saturated rings. The predicted octanol–water partition coefficient (Wildman–Crippen LogP) is 0.958. The van der Waals surface area contributed by atoms with Gasteiger partial charge in [-0.25, -0.2) is 0 Å². The molecule has 4 heteroatoms. The highest BCUT2D eigenvalue weighted by molar-refractivity contribution is 5.72. The maximum atomic E-state index is 11.0. The fraction of sp³-hybridized carbons (Fsp3) is 0.538. The summed E-state index contributed by atoms with van der Waals surface area (Å²) in [6.45, 7) is 2.05. The molecule has 17 heavy (non-hydrogen) atoms. The Bertz CT molecular complexity index is 453. The van der Waals surface area contributed by atoms with E-state index in [1.165, 1.54) is 5.56 Å². The number of hydrogen-bond acceptors (Lipinski definition) is 3. The second kappa shape index (κ2) is 4.11. The highest BCUT2D eigenvalue weighted by atomic mass is 16.4. The fourth-order valence-corrected chi connectivity index (χ4v) is 2.83. The number of hydrogen-bond donors (Lipinski definition) is 2. The van der Waals surface area contributed by atoms with Gasteiger partial charge in [0.25, 0.3) is 0 Å². The summed E-state index contributed by atoms with van der Waals surface area (Å²) in [4.78, 5) is 15.5. The molecule has 2 atom stereocenters. The second-order valence-electron chi connectivity index (χ2n) is 5.01. The van der Waals surface area contributed by atoms with Gasteiger partial charge in [-0.05, 0) is 43.0 Å². The van der Waals surface area contributed by atoms with E-state index < -0.39 is 5.97 Å². The first-order valence-corrected chi connectivity index (χ1v) is 6.15. The summed E-state index contributed by atoms with van der Waals surface area (Å²) < 4.78 is 0. The third-order valence-corrected chi connectivity index (χ3v) is 3.86. The van der Waals surface area contributed by atoms with Crippen molar-refractivity contribution in [2.75, 3.05) is 13.1 Å². The lowest BCUT2D eigenvalue weighted by Crippen LogP contribution is -2.12. The van der Waals surface area contributed by atoms with E-state index in [2.05, 4.69) is 16.4 Å². The lowest BCUT2D eigenvalue weighted by atomic mass is 10.0. The molecule has 3 rings (SSSR count). The monoisotopic (exact) mass is 232 g/mol. The zero-order valence-corrected chi connectivity index (χ0v) is 9.65. The number of nitrogens with zero attached hydrogens (tertiary/aromatic N) is 1. The molecule has 4 nitrogen and oxygen atoms in total. The average Bonchev–Trinajstić information content (AvgIpc) is 2.97. The number of pyridine rings is 1. The Kier molecular flexibility index (Phi) is 2.59. The molecular weight excluding hydrogens is 216 g/mol. The van der Waals surface area contributed by atoms with Crippen LogP contribution in [-0.2, 0) is 17.6 Å². The minimum atomic E-state index is -0.690. The molecule has 2 heterocycles. The van der Waals surface area contributed by atoms with Crippen molar-refractivity contribution in [2.45, 2.75) is 25.2 Å². The Morgan fingerprint density at radius 2 is 2.24 bits per heavy atom. The van der Waals surface area contributed by atoms with Crippen LogP contribution in [0.4, 0.5) is 0 Å². The first kappa shape index (κ1) is 10.7. The van der Waals surface area contributed by atoms with Crippen LogP contribution in [0.3, 0.4) is 0 Å². The van der Waals surface area contributed by atoms with Crippen molar-refractivity contribution in [3.8, 4) is 0 Å². The van der Waals surface area contributed by atoms with Crippen LogP contribution in [0.2, 0.25) is 0 Å². The molecule has 1 aromatic rings. The molecule has 0 amide bonds. The molecule has 2 aliphatic rings. The molecule has 0 bridgehead atoms. The van der Waals surface area contributed by atoms with Gasteiger partial charge in [-0.2, -0.15) is 0 Å². The Labute approximate surface area is 100 Å². The summed E-state index contributed by atoms with van der Waals surface area (Å²) in [6, 6.07) is 2.12. The van der Waals surface area contributed by atoms with Crippen LogP contribution in [-0.4, -0.2) is 29.1 Å². The standard InChI is InChI=1S/C13H16N2O2/c16-13(17)10-3-9-5-12(8-1-2-14-6-8)15-7-11(9)4-10/h5,7-8,10,14H,1-4,6H2,(H,16,17). The van der Waals surface area contributed by atoms with Gasteiger partial charge in [-0.3, -0.25) is 9.78 Å². The molecule has 0 saturated carbocycles. The van der Waals surface area contributed by atoms with E-state index in [1.807, 2.05) is 6.20 Å². The minimum Gasteiger partial charge on any atom is -0.481 e. The van der Waals surface area contributed by atoms with Crippen molar-refractivity contribution in [2.24, 2.45) is 5.92 Å². The van der Waals surface area contributed by atoms with Crippen LogP contribution < -0.4 is 5.32 Å². The molecule has 2 unspecified atom stereocenters. The largest absolute Gasteiger partial charge is 0.481 e. The van der Waals surface area contributed by atoms with E-state index in [0.717, 1.165) is 30.8 Å². The van der Waals surface area contributed by atoms with Crippen LogP contribution in [0.25, 0.3) is 0 Å². The number of carboxylic acids is 1. The normalized spacial score (nSPS) is 27.1. The summed E-state index contributed by atoms with van der Waals surface area (Å²) >= 11 is 0. The molecule has 2 N–H and O–H groups in total. The van der Waals surface area contributed by atoms with Crippen molar-refractivity contribution in [1.29, 1.82) is 0 Å². The second-order valence-corrected chi connectivity index (χ2v) is 5.01. The van der Waals surface area contributed by atoms with Gasteiger partial charge in [-0.1, -0.05) is 0 Å². The number of aromatic nitrogens is 1. The Morgan fingerprint density at radius 3 is 2.94 bits per heavy atom. The molecule has 1 saturated heterocycles. The molecule has 1 aliphatic carbocycles. The van der Waals surface area contributed by atoms with E-state index in [9.17, 15) is 4.79 Å². The molecule has 1 aliphatic heterocycles. The van der Waals surface area contributed by atoms with E-state index in [1.54, 1.807) is 0 Å². The highest BCUT2D eigenvalue weighted by Crippen LogP contribution is 2.29. The van der Waals surface area contributed by atoms with Crippen LogP contribution in [0, 0.1) is 5.92 Å². The Balaban J connectivity index is 1.84. The van der Waals surface area contributed by atoms with E-state index in [-0.39, 0.29) is 5.92 Å². The van der Waals surface area contributed by atoms with Gasteiger partial charge in [0.05, 0.1) is 5.92 Å². The highest BCUT2D eigenvalue weighted by Gasteiger charge is 2.28. The lowest BCUT2D eigenvalue weighted by molar-refractivity contribution is -0.141. The Hall–Kier alpha value is -1.42. The van der Waals surface area contributed by atoms with Crippen molar-refractivity contribution >= 4 is 5.97 Å². The molecule has 1 aromatic heterocycles. The van der Waals surface area contributed by atoms with Gasteiger partial charge < -0.3 is 10.4 Å². The van der Waals surface area contributed by atoms with Gasteiger partial charge in [0.1, 0.15) is 0 Å². The number of carbonyl (C=O) groups is 1. The zero-order chi connectivity index (χ0) is 11.8. The maximum Gasteiger partial charge on any atom is 0.307 e. The third-order valence-electron chi connectivity index (χ3n) is 3.86. The van der Waals surface area contributed by atoms with Gasteiger partial charge in [0, 0.05) is 24.4 Å². The van der Waals surface area contributed by atoms with E-state index in [4.69, 9.17) is 5.11 Å². The van der Waals surface area contributed by atoms with Crippen molar-refractivity contribution in [3.63, 3.8) is 0 Å².